The number of nitrogens with zero attached hydrogens (tertiary/aromatic N) is 2. The zero-order chi connectivity index (χ0) is 15.7. The van der Waals surface area contributed by atoms with Gasteiger partial charge in [-0.25, -0.2) is 0 Å². The molecule has 1 aromatic rings. The monoisotopic (exact) mass is 300 g/mol. The summed E-state index contributed by atoms with van der Waals surface area (Å²) in [4.78, 5) is 17.0. The Morgan fingerprint density at radius 1 is 1.27 bits per heavy atom. The van der Waals surface area contributed by atoms with E-state index in [1.54, 1.807) is 0 Å². The lowest BCUT2D eigenvalue weighted by atomic mass is 9.75. The van der Waals surface area contributed by atoms with Gasteiger partial charge in [-0.15, -0.1) is 0 Å². The van der Waals surface area contributed by atoms with Crippen LogP contribution in [0.4, 0.5) is 0 Å². The van der Waals surface area contributed by atoms with Gasteiger partial charge in [-0.1, -0.05) is 51.5 Å². The van der Waals surface area contributed by atoms with Gasteiger partial charge in [0.15, 0.2) is 0 Å². The topological polar surface area (TPSA) is 23.6 Å². The Bertz CT molecular complexity index is 552. The van der Waals surface area contributed by atoms with E-state index in [0.29, 0.717) is 18.4 Å². The van der Waals surface area contributed by atoms with Crippen LogP contribution in [0.25, 0.3) is 0 Å². The van der Waals surface area contributed by atoms with E-state index >= 15 is 0 Å². The third kappa shape index (κ3) is 2.79. The number of piperazine rings is 1. The molecule has 1 atom stereocenters. The largest absolute Gasteiger partial charge is 0.339 e. The standard InChI is InChI=1S/C19H28N2O/c1-4-5-10-18(22)20-11-12-21-14-19(2,3)16-9-7-6-8-15(16)17(21)13-20/h6-9,17H,4-5,10-14H2,1-3H3. The lowest BCUT2D eigenvalue weighted by molar-refractivity contribution is -0.134. The fourth-order valence-corrected chi connectivity index (χ4v) is 4.01. The van der Waals surface area contributed by atoms with Crippen LogP contribution in [0.5, 0.6) is 0 Å². The van der Waals surface area contributed by atoms with Crippen LogP contribution in [-0.2, 0) is 10.2 Å². The highest BCUT2D eigenvalue weighted by Crippen LogP contribution is 2.40. The van der Waals surface area contributed by atoms with Crippen LogP contribution >= 0.6 is 0 Å². The van der Waals surface area contributed by atoms with E-state index in [1.807, 2.05) is 0 Å². The van der Waals surface area contributed by atoms with E-state index in [0.717, 1.165) is 39.0 Å². The highest BCUT2D eigenvalue weighted by atomic mass is 16.2. The molecular weight excluding hydrogens is 272 g/mol. The van der Waals surface area contributed by atoms with Gasteiger partial charge < -0.3 is 4.90 Å². The van der Waals surface area contributed by atoms with Crippen molar-refractivity contribution in [2.45, 2.75) is 51.5 Å². The Morgan fingerprint density at radius 3 is 2.82 bits per heavy atom. The van der Waals surface area contributed by atoms with Crippen molar-refractivity contribution < 1.29 is 4.79 Å². The lowest BCUT2D eigenvalue weighted by Gasteiger charge is -2.50. The number of hydrogen-bond acceptors (Lipinski definition) is 2. The minimum atomic E-state index is 0.196. The van der Waals surface area contributed by atoms with Crippen LogP contribution in [0.15, 0.2) is 24.3 Å². The van der Waals surface area contributed by atoms with E-state index in [-0.39, 0.29) is 5.41 Å². The van der Waals surface area contributed by atoms with Crippen LogP contribution in [-0.4, -0.2) is 41.9 Å². The summed E-state index contributed by atoms with van der Waals surface area (Å²) in [7, 11) is 0. The molecule has 1 unspecified atom stereocenters. The second-order valence-electron chi connectivity index (χ2n) is 7.40. The Labute approximate surface area is 134 Å². The van der Waals surface area contributed by atoms with Crippen molar-refractivity contribution in [2.24, 2.45) is 0 Å². The van der Waals surface area contributed by atoms with Crippen molar-refractivity contribution in [3.8, 4) is 0 Å². The second kappa shape index (κ2) is 6.04. The number of amides is 1. The Kier molecular flexibility index (Phi) is 4.26. The third-order valence-corrected chi connectivity index (χ3v) is 5.24. The molecule has 2 aliphatic rings. The molecule has 0 aliphatic carbocycles. The average molecular weight is 300 g/mol. The molecule has 0 spiro atoms. The molecule has 2 aliphatic heterocycles. The number of fused-ring (bicyclic) bond motifs is 3. The van der Waals surface area contributed by atoms with Gasteiger partial charge >= 0.3 is 0 Å². The van der Waals surface area contributed by atoms with Gasteiger partial charge in [-0.2, -0.15) is 0 Å². The van der Waals surface area contributed by atoms with Crippen molar-refractivity contribution in [1.29, 1.82) is 0 Å². The number of carbonyl (C=O) groups excluding carboxylic acids is 1. The number of carbonyl (C=O) groups is 1. The lowest BCUT2D eigenvalue weighted by Crippen LogP contribution is -2.55. The summed E-state index contributed by atoms with van der Waals surface area (Å²) >= 11 is 0. The first-order valence-electron chi connectivity index (χ1n) is 8.64. The molecule has 1 fully saturated rings. The SMILES string of the molecule is CCCCC(=O)N1CCN2CC(C)(C)c3ccccc3C2C1. The minimum Gasteiger partial charge on any atom is -0.339 e. The molecule has 1 amide bonds. The van der Waals surface area contributed by atoms with Crippen LogP contribution < -0.4 is 0 Å². The van der Waals surface area contributed by atoms with Crippen molar-refractivity contribution in [3.05, 3.63) is 35.4 Å². The van der Waals surface area contributed by atoms with Gasteiger partial charge in [0.2, 0.25) is 5.91 Å². The normalized spacial score (nSPS) is 23.8. The molecule has 0 N–H and O–H groups in total. The summed E-state index contributed by atoms with van der Waals surface area (Å²) in [5, 5.41) is 0. The van der Waals surface area contributed by atoms with Gasteiger partial charge in [0.05, 0.1) is 6.04 Å². The molecule has 0 bridgehead atoms. The molecule has 3 nitrogen and oxygen atoms in total. The molecule has 22 heavy (non-hydrogen) atoms. The van der Waals surface area contributed by atoms with E-state index in [2.05, 4.69) is 54.8 Å². The number of unbranched alkanes of at least 4 members (excludes halogenated alkanes) is 1. The molecule has 0 saturated carbocycles. The Morgan fingerprint density at radius 2 is 2.05 bits per heavy atom. The zero-order valence-electron chi connectivity index (χ0n) is 14.1. The fraction of sp³-hybridized carbons (Fsp3) is 0.632. The summed E-state index contributed by atoms with van der Waals surface area (Å²) in [5.74, 6) is 0.337. The van der Waals surface area contributed by atoms with Gasteiger partial charge in [0.25, 0.3) is 0 Å². The summed E-state index contributed by atoms with van der Waals surface area (Å²) in [6.45, 7) is 10.6. The van der Waals surface area contributed by atoms with Crippen LogP contribution in [0, 0.1) is 0 Å². The predicted octanol–water partition coefficient (Wildman–Crippen LogP) is 3.35. The molecule has 0 aromatic heterocycles. The summed E-state index contributed by atoms with van der Waals surface area (Å²) in [5.41, 5.74) is 3.08. The predicted molar refractivity (Wildman–Crippen MR) is 89.9 cm³/mol. The molecular formula is C19H28N2O. The van der Waals surface area contributed by atoms with Crippen molar-refractivity contribution >= 4 is 5.91 Å². The van der Waals surface area contributed by atoms with E-state index < -0.39 is 0 Å². The van der Waals surface area contributed by atoms with Gasteiger partial charge in [0.1, 0.15) is 0 Å². The number of benzene rings is 1. The first kappa shape index (κ1) is 15.5. The Hall–Kier alpha value is -1.35. The maximum Gasteiger partial charge on any atom is 0.222 e. The highest BCUT2D eigenvalue weighted by Gasteiger charge is 2.40. The summed E-state index contributed by atoms with van der Waals surface area (Å²) in [6, 6.07) is 9.18. The molecule has 1 saturated heterocycles. The second-order valence-corrected chi connectivity index (χ2v) is 7.40. The van der Waals surface area contributed by atoms with Crippen LogP contribution in [0.1, 0.15) is 57.2 Å². The summed E-state index contributed by atoms with van der Waals surface area (Å²) < 4.78 is 0. The molecule has 2 heterocycles. The summed E-state index contributed by atoms with van der Waals surface area (Å²) in [6.07, 6.45) is 2.80. The molecule has 0 radical (unpaired) electrons. The fourth-order valence-electron chi connectivity index (χ4n) is 4.01. The maximum absolute atomic E-state index is 12.4. The minimum absolute atomic E-state index is 0.196. The molecule has 3 rings (SSSR count). The van der Waals surface area contributed by atoms with Gasteiger partial charge in [0, 0.05) is 38.0 Å². The van der Waals surface area contributed by atoms with E-state index in [4.69, 9.17) is 0 Å². The zero-order valence-corrected chi connectivity index (χ0v) is 14.1. The van der Waals surface area contributed by atoms with Gasteiger partial charge in [-0.05, 0) is 17.5 Å². The number of rotatable bonds is 3. The highest BCUT2D eigenvalue weighted by molar-refractivity contribution is 5.76. The smallest absolute Gasteiger partial charge is 0.222 e. The van der Waals surface area contributed by atoms with E-state index in [9.17, 15) is 4.79 Å². The van der Waals surface area contributed by atoms with Crippen molar-refractivity contribution in [2.75, 3.05) is 26.2 Å². The quantitative estimate of drug-likeness (QED) is 0.854. The van der Waals surface area contributed by atoms with Crippen LogP contribution in [0.2, 0.25) is 0 Å². The average Bonchev–Trinajstić information content (AvgIpc) is 2.52. The van der Waals surface area contributed by atoms with E-state index in [1.165, 1.54) is 11.1 Å². The molecule has 120 valence electrons. The molecule has 3 heteroatoms. The first-order valence-corrected chi connectivity index (χ1v) is 8.64. The van der Waals surface area contributed by atoms with Crippen molar-refractivity contribution in [1.82, 2.24) is 9.80 Å². The third-order valence-electron chi connectivity index (χ3n) is 5.24. The van der Waals surface area contributed by atoms with Gasteiger partial charge in [-0.3, -0.25) is 9.69 Å². The maximum atomic E-state index is 12.4. The van der Waals surface area contributed by atoms with Crippen molar-refractivity contribution in [3.63, 3.8) is 0 Å². The molecule has 1 aromatic carbocycles. The Balaban J connectivity index is 1.82. The number of hydrogen-bond donors (Lipinski definition) is 0. The first-order chi connectivity index (χ1) is 10.5. The van der Waals surface area contributed by atoms with Crippen LogP contribution in [0.3, 0.4) is 0 Å².